The number of hydrazone groups is 1. The molecule has 0 unspecified atom stereocenters. The molecule has 0 aliphatic rings. The topological polar surface area (TPSA) is 118 Å². The van der Waals surface area contributed by atoms with Gasteiger partial charge in [0.2, 0.25) is 5.75 Å². The highest BCUT2D eigenvalue weighted by Gasteiger charge is 2.11. The minimum absolute atomic E-state index is 0.0665. The molecule has 0 fully saturated rings. The first-order valence-corrected chi connectivity index (χ1v) is 9.02. The van der Waals surface area contributed by atoms with Crippen LogP contribution in [0.25, 0.3) is 22.1 Å². The van der Waals surface area contributed by atoms with Crippen LogP contribution in [0.1, 0.15) is 18.1 Å². The molecule has 0 atom stereocenters. The van der Waals surface area contributed by atoms with E-state index in [9.17, 15) is 5.11 Å². The molecule has 0 aliphatic heterocycles. The van der Waals surface area contributed by atoms with Crippen molar-refractivity contribution in [3.63, 3.8) is 0 Å². The SMILES string of the molecule is CCc1ccc2[nH]c3nc(N/N=C/c4cc(OC)c(O)c(OC)c4)nnc3c2c1. The molecule has 29 heavy (non-hydrogen) atoms. The quantitative estimate of drug-likeness (QED) is 0.340. The van der Waals surface area contributed by atoms with Gasteiger partial charge in [-0.3, -0.25) is 0 Å². The van der Waals surface area contributed by atoms with E-state index in [1.165, 1.54) is 26.0 Å². The van der Waals surface area contributed by atoms with Gasteiger partial charge >= 0.3 is 0 Å². The second-order valence-corrected chi connectivity index (χ2v) is 6.34. The van der Waals surface area contributed by atoms with E-state index in [1.54, 1.807) is 12.1 Å². The van der Waals surface area contributed by atoms with Crippen molar-refractivity contribution < 1.29 is 14.6 Å². The average Bonchev–Trinajstić information content (AvgIpc) is 3.11. The monoisotopic (exact) mass is 392 g/mol. The smallest absolute Gasteiger partial charge is 0.265 e. The second-order valence-electron chi connectivity index (χ2n) is 6.34. The number of aromatic nitrogens is 4. The maximum atomic E-state index is 9.97. The number of benzene rings is 2. The zero-order chi connectivity index (χ0) is 20.4. The molecule has 4 rings (SSSR count). The van der Waals surface area contributed by atoms with Gasteiger partial charge in [-0.1, -0.05) is 13.0 Å². The van der Waals surface area contributed by atoms with E-state index in [0.717, 1.165) is 22.8 Å². The van der Waals surface area contributed by atoms with E-state index in [1.807, 2.05) is 6.07 Å². The molecule has 2 aromatic heterocycles. The fourth-order valence-corrected chi connectivity index (χ4v) is 3.04. The predicted octanol–water partition coefficient (Wildman–Crippen LogP) is 3.24. The van der Waals surface area contributed by atoms with Crippen LogP contribution >= 0.6 is 0 Å². The summed E-state index contributed by atoms with van der Waals surface area (Å²) < 4.78 is 10.3. The van der Waals surface area contributed by atoms with E-state index in [4.69, 9.17) is 9.47 Å². The minimum Gasteiger partial charge on any atom is -0.502 e. The van der Waals surface area contributed by atoms with Crippen molar-refractivity contribution in [1.82, 2.24) is 20.2 Å². The Hall–Kier alpha value is -3.88. The fourth-order valence-electron chi connectivity index (χ4n) is 3.04. The second kappa shape index (κ2) is 7.63. The summed E-state index contributed by atoms with van der Waals surface area (Å²) in [6.07, 6.45) is 2.49. The van der Waals surface area contributed by atoms with Gasteiger partial charge in [0.05, 0.1) is 20.4 Å². The number of anilines is 1. The zero-order valence-corrected chi connectivity index (χ0v) is 16.2. The Morgan fingerprint density at radius 2 is 1.90 bits per heavy atom. The lowest BCUT2D eigenvalue weighted by Gasteiger charge is -2.09. The first kappa shape index (κ1) is 18.5. The van der Waals surface area contributed by atoms with E-state index in [0.29, 0.717) is 11.2 Å². The molecule has 3 N–H and O–H groups in total. The number of ether oxygens (including phenoxy) is 2. The van der Waals surface area contributed by atoms with Crippen LogP contribution in [0.4, 0.5) is 5.95 Å². The number of H-pyrrole nitrogens is 1. The highest BCUT2D eigenvalue weighted by Crippen LogP contribution is 2.36. The number of aromatic amines is 1. The van der Waals surface area contributed by atoms with Gasteiger partial charge in [-0.15, -0.1) is 10.2 Å². The van der Waals surface area contributed by atoms with Crippen LogP contribution in [0.5, 0.6) is 17.2 Å². The number of hydrogen-bond acceptors (Lipinski definition) is 8. The molecule has 9 nitrogen and oxygen atoms in total. The first-order chi connectivity index (χ1) is 14.1. The van der Waals surface area contributed by atoms with Crippen molar-refractivity contribution in [3.05, 3.63) is 41.5 Å². The number of hydrogen-bond donors (Lipinski definition) is 3. The number of aromatic hydroxyl groups is 1. The Kier molecular flexibility index (Phi) is 4.86. The molecule has 0 aliphatic carbocycles. The lowest BCUT2D eigenvalue weighted by Crippen LogP contribution is -1.99. The van der Waals surface area contributed by atoms with E-state index in [-0.39, 0.29) is 23.2 Å². The van der Waals surface area contributed by atoms with Crippen LogP contribution in [-0.4, -0.2) is 45.7 Å². The fraction of sp³-hybridized carbons (Fsp3) is 0.200. The summed E-state index contributed by atoms with van der Waals surface area (Å²) in [7, 11) is 2.93. The predicted molar refractivity (Wildman–Crippen MR) is 111 cm³/mol. The summed E-state index contributed by atoms with van der Waals surface area (Å²) >= 11 is 0. The normalized spacial score (nSPS) is 11.4. The molecule has 2 heterocycles. The standard InChI is InChI=1S/C20H20N6O3/c1-4-11-5-6-14-13(7-11)17-19(22-14)23-20(26-24-17)25-21-10-12-8-15(28-2)18(27)16(9-12)29-3/h5-10,27H,4H2,1-3H3,(H2,22,23,25,26)/b21-10+. The number of phenolic OH excluding ortho intramolecular Hbond substituents is 1. The van der Waals surface area contributed by atoms with Crippen LogP contribution in [0, 0.1) is 0 Å². The molecule has 0 saturated carbocycles. The van der Waals surface area contributed by atoms with Crippen LogP contribution in [0.2, 0.25) is 0 Å². The Morgan fingerprint density at radius 3 is 2.59 bits per heavy atom. The number of nitrogens with one attached hydrogen (secondary N) is 2. The first-order valence-electron chi connectivity index (χ1n) is 9.02. The summed E-state index contributed by atoms with van der Waals surface area (Å²) in [6.45, 7) is 2.11. The average molecular weight is 392 g/mol. The molecule has 0 spiro atoms. The van der Waals surface area contributed by atoms with Gasteiger partial charge in [-0.05, 0) is 36.2 Å². The van der Waals surface area contributed by atoms with Gasteiger partial charge in [-0.2, -0.15) is 10.1 Å². The van der Waals surface area contributed by atoms with Crippen molar-refractivity contribution in [1.29, 1.82) is 0 Å². The van der Waals surface area contributed by atoms with Gasteiger partial charge < -0.3 is 19.6 Å². The van der Waals surface area contributed by atoms with E-state index in [2.05, 4.69) is 49.7 Å². The minimum atomic E-state index is -0.0665. The van der Waals surface area contributed by atoms with Crippen LogP contribution in [0.15, 0.2) is 35.4 Å². The molecule has 0 amide bonds. The van der Waals surface area contributed by atoms with Crippen molar-refractivity contribution in [2.75, 3.05) is 19.6 Å². The lowest BCUT2D eigenvalue weighted by molar-refractivity contribution is 0.340. The van der Waals surface area contributed by atoms with E-state index < -0.39 is 0 Å². The summed E-state index contributed by atoms with van der Waals surface area (Å²) in [5.74, 6) is 0.765. The number of rotatable bonds is 6. The molecule has 4 aromatic rings. The maximum absolute atomic E-state index is 9.97. The maximum Gasteiger partial charge on any atom is 0.265 e. The number of fused-ring (bicyclic) bond motifs is 3. The Labute approximate surface area is 166 Å². The van der Waals surface area contributed by atoms with Crippen molar-refractivity contribution >= 4 is 34.2 Å². The molecule has 2 aromatic carbocycles. The molecular formula is C20H20N6O3. The molecule has 0 radical (unpaired) electrons. The molecule has 0 bridgehead atoms. The highest BCUT2D eigenvalue weighted by atomic mass is 16.5. The summed E-state index contributed by atoms with van der Waals surface area (Å²) in [6, 6.07) is 9.47. The van der Waals surface area contributed by atoms with Crippen LogP contribution < -0.4 is 14.9 Å². The summed E-state index contributed by atoms with van der Waals surface area (Å²) in [5.41, 5.74) is 6.97. The molecule has 148 valence electrons. The van der Waals surface area contributed by atoms with Crippen molar-refractivity contribution in [2.45, 2.75) is 13.3 Å². The van der Waals surface area contributed by atoms with Gasteiger partial charge in [0.1, 0.15) is 5.52 Å². The summed E-state index contributed by atoms with van der Waals surface area (Å²) in [4.78, 5) is 7.69. The third-order valence-electron chi connectivity index (χ3n) is 4.57. The van der Waals surface area contributed by atoms with Crippen molar-refractivity contribution in [2.24, 2.45) is 5.10 Å². The highest BCUT2D eigenvalue weighted by molar-refractivity contribution is 6.03. The number of nitrogens with zero attached hydrogens (tertiary/aromatic N) is 4. The van der Waals surface area contributed by atoms with Crippen LogP contribution in [0.3, 0.4) is 0 Å². The third kappa shape index (κ3) is 3.49. The largest absolute Gasteiger partial charge is 0.502 e. The third-order valence-corrected chi connectivity index (χ3v) is 4.57. The molecule has 9 heteroatoms. The molecule has 0 saturated heterocycles. The summed E-state index contributed by atoms with van der Waals surface area (Å²) in [5, 5.41) is 23.5. The Morgan fingerprint density at radius 1 is 1.14 bits per heavy atom. The van der Waals surface area contributed by atoms with E-state index >= 15 is 0 Å². The lowest BCUT2D eigenvalue weighted by atomic mass is 10.1. The van der Waals surface area contributed by atoms with Gasteiger partial charge in [0.15, 0.2) is 17.1 Å². The Balaban J connectivity index is 1.59. The zero-order valence-electron chi connectivity index (χ0n) is 16.2. The molecular weight excluding hydrogens is 372 g/mol. The van der Waals surface area contributed by atoms with Gasteiger partial charge in [0, 0.05) is 16.5 Å². The van der Waals surface area contributed by atoms with Crippen LogP contribution in [-0.2, 0) is 6.42 Å². The number of phenols is 1. The number of aryl methyl sites for hydroxylation is 1. The Bertz CT molecular complexity index is 1190. The van der Waals surface area contributed by atoms with Gasteiger partial charge in [0.25, 0.3) is 5.95 Å². The van der Waals surface area contributed by atoms with Gasteiger partial charge in [-0.25, -0.2) is 5.43 Å². The van der Waals surface area contributed by atoms with Crippen molar-refractivity contribution in [3.8, 4) is 17.2 Å². The number of methoxy groups -OCH3 is 2.